The quantitative estimate of drug-likeness (QED) is 0.174. The summed E-state index contributed by atoms with van der Waals surface area (Å²) in [6.07, 6.45) is 2.36. The second-order valence-electron chi connectivity index (χ2n) is 23.6. The molecular weight excluding hydrogens is 884 g/mol. The largest absolute Gasteiger partial charge is 0.355 e. The summed E-state index contributed by atoms with van der Waals surface area (Å²) in [5.74, 6) is 0. The van der Waals surface area contributed by atoms with Crippen LogP contribution in [0.5, 0.6) is 0 Å². The second-order valence-corrected chi connectivity index (χ2v) is 25.8. The van der Waals surface area contributed by atoms with Crippen LogP contribution in [0.25, 0.3) is 90.4 Å². The molecule has 70 heavy (non-hydrogen) atoms. The first-order chi connectivity index (χ1) is 33.5. The Bertz CT molecular complexity index is 4060. The molecule has 1 aliphatic heterocycles. The first-order valence-electron chi connectivity index (χ1n) is 25.3. The monoisotopic (exact) mass is 940 g/mol. The van der Waals surface area contributed by atoms with Crippen molar-refractivity contribution in [2.75, 3.05) is 5.32 Å². The van der Waals surface area contributed by atoms with Crippen molar-refractivity contribution in [1.82, 2.24) is 4.57 Å². The maximum absolute atomic E-state index is 4.12. The standard InChI is InChI=1S/C65H57BN2S2/c1-62(2,3)38-23-25-39(26-24-38)67-50-33-46-42(40-19-13-15-21-45(40)65(46,8)9)31-43(50)56-57-41-20-14-16-22-53(41)70-61(57)58-44-32-47-48(64(6,7)28-27-63(47,4)5)34-51(44)68-52-35-55-37(29-49(52)66-59(56)60(58)68)30-54(69-55)36-17-11-10-12-18-36/h10-26,29-35,66-67H,27-28H2,1-9H3. The third kappa shape index (κ3) is 5.97. The Hall–Kier alpha value is -6.40. The molecule has 8 aromatic carbocycles. The van der Waals surface area contributed by atoms with Crippen molar-refractivity contribution in [2.45, 2.75) is 96.8 Å². The Morgan fingerprint density at radius 3 is 2.07 bits per heavy atom. The zero-order chi connectivity index (χ0) is 47.8. The van der Waals surface area contributed by atoms with Gasteiger partial charge in [0.25, 0.3) is 0 Å². The second kappa shape index (κ2) is 14.4. The van der Waals surface area contributed by atoms with Gasteiger partial charge in [-0.15, -0.1) is 22.7 Å². The predicted molar refractivity (Wildman–Crippen MR) is 308 cm³/mol. The van der Waals surface area contributed by atoms with E-state index >= 15 is 0 Å². The van der Waals surface area contributed by atoms with Crippen LogP contribution in [0.1, 0.15) is 103 Å². The van der Waals surface area contributed by atoms with Crippen LogP contribution in [0, 0.1) is 0 Å². The Labute approximate surface area is 420 Å². The van der Waals surface area contributed by atoms with Crippen LogP contribution in [0.4, 0.5) is 11.4 Å². The summed E-state index contributed by atoms with van der Waals surface area (Å²) >= 11 is 3.91. The number of nitrogens with zero attached hydrogens (tertiary/aromatic N) is 1. The van der Waals surface area contributed by atoms with Gasteiger partial charge in [0.1, 0.15) is 0 Å². The highest BCUT2D eigenvalue weighted by Gasteiger charge is 2.41. The van der Waals surface area contributed by atoms with Gasteiger partial charge in [-0.3, -0.25) is 0 Å². The van der Waals surface area contributed by atoms with Crippen molar-refractivity contribution in [3.05, 3.63) is 173 Å². The molecule has 2 aliphatic carbocycles. The van der Waals surface area contributed by atoms with Gasteiger partial charge in [-0.25, -0.2) is 0 Å². The van der Waals surface area contributed by atoms with E-state index in [9.17, 15) is 0 Å². The van der Waals surface area contributed by atoms with E-state index in [4.69, 9.17) is 0 Å². The molecule has 0 bridgehead atoms. The van der Waals surface area contributed by atoms with Crippen molar-refractivity contribution < 1.29 is 0 Å². The minimum Gasteiger partial charge on any atom is -0.355 e. The van der Waals surface area contributed by atoms with E-state index in [0.29, 0.717) is 0 Å². The summed E-state index contributed by atoms with van der Waals surface area (Å²) in [6.45, 7) is 21.6. The third-order valence-electron chi connectivity index (χ3n) is 17.0. The summed E-state index contributed by atoms with van der Waals surface area (Å²) in [5, 5.41) is 11.0. The zero-order valence-electron chi connectivity index (χ0n) is 41.7. The van der Waals surface area contributed by atoms with Crippen molar-refractivity contribution in [3.63, 3.8) is 0 Å². The highest BCUT2D eigenvalue weighted by Crippen LogP contribution is 2.56. The van der Waals surface area contributed by atoms with E-state index in [0.717, 1.165) is 18.7 Å². The van der Waals surface area contributed by atoms with Crippen LogP contribution >= 0.6 is 22.7 Å². The third-order valence-corrected chi connectivity index (χ3v) is 19.3. The fourth-order valence-electron chi connectivity index (χ4n) is 13.0. The number of nitrogens with one attached hydrogen (secondary N) is 1. The predicted octanol–water partition coefficient (Wildman–Crippen LogP) is 17.1. The van der Waals surface area contributed by atoms with Gasteiger partial charge < -0.3 is 9.88 Å². The Kier molecular flexibility index (Phi) is 8.72. The molecule has 0 fully saturated rings. The van der Waals surface area contributed by atoms with Crippen LogP contribution in [0.15, 0.2) is 146 Å². The normalized spacial score (nSPS) is 16.1. The van der Waals surface area contributed by atoms with E-state index in [1.807, 2.05) is 22.7 Å². The lowest BCUT2D eigenvalue weighted by Gasteiger charge is -2.42. The molecule has 3 aromatic heterocycles. The molecule has 2 nitrogen and oxygen atoms in total. The highest BCUT2D eigenvalue weighted by molar-refractivity contribution is 7.27. The maximum atomic E-state index is 4.12. The van der Waals surface area contributed by atoms with Crippen molar-refractivity contribution >= 4 is 104 Å². The van der Waals surface area contributed by atoms with Crippen molar-refractivity contribution in [3.8, 4) is 38.4 Å². The minimum absolute atomic E-state index is 0.0635. The molecule has 0 radical (unpaired) electrons. The van der Waals surface area contributed by atoms with E-state index in [1.165, 1.54) is 142 Å². The van der Waals surface area contributed by atoms with Crippen LogP contribution in [0.3, 0.4) is 0 Å². The SMILES string of the molecule is CC(C)(C)c1ccc(Nc2cc3c(cc2-c2c4c5c(c6cc7c(cc6n5-c5cc6sc(-c8ccccc8)cc6cc5B4)C(C)(C)CCC7(C)C)c4sc5ccccc5c24)-c2ccccc2C3(C)C)cc1. The molecule has 0 amide bonds. The Balaban J connectivity index is 1.14. The van der Waals surface area contributed by atoms with Gasteiger partial charge in [0.15, 0.2) is 7.28 Å². The fourth-order valence-corrected chi connectivity index (χ4v) is 15.3. The van der Waals surface area contributed by atoms with Gasteiger partial charge in [-0.1, -0.05) is 159 Å². The number of aromatic nitrogens is 1. The lowest BCUT2D eigenvalue weighted by Crippen LogP contribution is -2.37. The maximum Gasteiger partial charge on any atom is 0.198 e. The van der Waals surface area contributed by atoms with Crippen LogP contribution < -0.4 is 16.2 Å². The number of fused-ring (bicyclic) bond motifs is 14. The molecule has 0 atom stereocenters. The van der Waals surface area contributed by atoms with Crippen LogP contribution in [-0.2, 0) is 21.7 Å². The number of rotatable bonds is 4. The van der Waals surface area contributed by atoms with E-state index < -0.39 is 0 Å². The molecule has 5 heteroatoms. The van der Waals surface area contributed by atoms with Gasteiger partial charge >= 0.3 is 0 Å². The fraction of sp³-hybridized carbons (Fsp3) is 0.231. The lowest BCUT2D eigenvalue weighted by molar-refractivity contribution is 0.332. The first kappa shape index (κ1) is 42.5. The molecular formula is C65H57BN2S2. The Morgan fingerprint density at radius 2 is 1.30 bits per heavy atom. The molecule has 14 rings (SSSR count). The smallest absolute Gasteiger partial charge is 0.198 e. The van der Waals surface area contributed by atoms with E-state index in [1.54, 1.807) is 0 Å². The summed E-state index contributed by atoms with van der Waals surface area (Å²) < 4.78 is 6.79. The summed E-state index contributed by atoms with van der Waals surface area (Å²) in [4.78, 5) is 1.32. The lowest BCUT2D eigenvalue weighted by atomic mass is 9.58. The summed E-state index contributed by atoms with van der Waals surface area (Å²) in [7, 11) is 0.833. The number of benzene rings is 8. The van der Waals surface area contributed by atoms with E-state index in [2.05, 4.69) is 218 Å². The van der Waals surface area contributed by atoms with Crippen molar-refractivity contribution in [2.24, 2.45) is 0 Å². The average Bonchev–Trinajstić information content (AvgIpc) is 4.09. The molecule has 4 heterocycles. The van der Waals surface area contributed by atoms with Gasteiger partial charge in [0.2, 0.25) is 0 Å². The van der Waals surface area contributed by atoms with Crippen LogP contribution in [0.2, 0.25) is 0 Å². The topological polar surface area (TPSA) is 17.0 Å². The Morgan fingerprint density at radius 1 is 0.586 bits per heavy atom. The van der Waals surface area contributed by atoms with E-state index in [-0.39, 0.29) is 21.7 Å². The summed E-state index contributed by atoms with van der Waals surface area (Å²) in [5.41, 5.74) is 22.8. The molecule has 11 aromatic rings. The van der Waals surface area contributed by atoms with Gasteiger partial charge in [0, 0.05) is 68.6 Å². The zero-order valence-corrected chi connectivity index (χ0v) is 43.4. The van der Waals surface area contributed by atoms with Gasteiger partial charge in [0.05, 0.1) is 11.0 Å². The molecule has 0 spiro atoms. The van der Waals surface area contributed by atoms with Gasteiger partial charge in [-0.2, -0.15) is 0 Å². The number of hydrogen-bond donors (Lipinski definition) is 1. The molecule has 0 saturated heterocycles. The first-order valence-corrected chi connectivity index (χ1v) is 27.0. The number of hydrogen-bond acceptors (Lipinski definition) is 3. The van der Waals surface area contributed by atoms with Crippen LogP contribution in [-0.4, -0.2) is 11.8 Å². The average molecular weight is 941 g/mol. The molecule has 0 unspecified atom stereocenters. The summed E-state index contributed by atoms with van der Waals surface area (Å²) in [6, 6.07) is 56.4. The van der Waals surface area contributed by atoms with Crippen molar-refractivity contribution in [1.29, 1.82) is 0 Å². The highest BCUT2D eigenvalue weighted by atomic mass is 32.1. The van der Waals surface area contributed by atoms with Gasteiger partial charge in [-0.05, 0) is 145 Å². The number of thiophene rings is 2. The molecule has 3 aliphatic rings. The number of anilines is 2. The molecule has 342 valence electrons. The molecule has 1 N–H and O–H groups in total. The minimum atomic E-state index is -0.157. The molecule has 0 saturated carbocycles.